The first-order valence-corrected chi connectivity index (χ1v) is 8.88. The molecule has 0 aliphatic carbocycles. The highest BCUT2D eigenvalue weighted by atomic mass is 35.5. The number of aliphatic imine (C=N–C) groups is 1. The van der Waals surface area contributed by atoms with Gasteiger partial charge in [-0.25, -0.2) is 4.98 Å². The third-order valence-corrected chi connectivity index (χ3v) is 4.20. The predicted octanol–water partition coefficient (Wildman–Crippen LogP) is 1.54. The van der Waals surface area contributed by atoms with Crippen molar-refractivity contribution in [2.75, 3.05) is 33.3 Å². The van der Waals surface area contributed by atoms with Crippen LogP contribution in [0.25, 0.3) is 0 Å². The third-order valence-electron chi connectivity index (χ3n) is 3.92. The topological polar surface area (TPSA) is 78.9 Å². The molecular weight excluding hydrogens is 342 g/mol. The average molecular weight is 368 g/mol. The maximum absolute atomic E-state index is 12.0. The summed E-state index contributed by atoms with van der Waals surface area (Å²) in [5, 5.41) is 7.03. The minimum Gasteiger partial charge on any atom is -0.475 e. The minimum absolute atomic E-state index is 0.0340. The van der Waals surface area contributed by atoms with Gasteiger partial charge in [-0.1, -0.05) is 25.4 Å². The Bertz CT molecular complexity index is 608. The zero-order chi connectivity index (χ0) is 18.2. The van der Waals surface area contributed by atoms with E-state index in [1.54, 1.807) is 25.4 Å². The maximum Gasteiger partial charge on any atom is 0.232 e. The van der Waals surface area contributed by atoms with E-state index >= 15 is 0 Å². The third kappa shape index (κ3) is 5.77. The molecule has 1 aliphatic heterocycles. The Morgan fingerprint density at radius 2 is 2.36 bits per heavy atom. The number of halogens is 1. The fraction of sp³-hybridized carbons (Fsp3) is 0.588. The highest BCUT2D eigenvalue weighted by Crippen LogP contribution is 2.19. The van der Waals surface area contributed by atoms with Crippen molar-refractivity contribution in [3.05, 3.63) is 23.4 Å². The molecule has 1 amide bonds. The van der Waals surface area contributed by atoms with Crippen molar-refractivity contribution < 1.29 is 9.53 Å². The van der Waals surface area contributed by atoms with Crippen molar-refractivity contribution in [1.82, 2.24) is 20.5 Å². The fourth-order valence-electron chi connectivity index (χ4n) is 2.63. The SMILES string of the molecule is CN=C(NCCOc1ncccc1Cl)NC1CCN(C(=O)C(C)C)C1. The number of hydrogen-bond donors (Lipinski definition) is 2. The van der Waals surface area contributed by atoms with E-state index in [0.29, 0.717) is 36.6 Å². The van der Waals surface area contributed by atoms with E-state index in [2.05, 4.69) is 20.6 Å². The van der Waals surface area contributed by atoms with E-state index in [1.807, 2.05) is 18.7 Å². The molecule has 1 aliphatic rings. The Hall–Kier alpha value is -2.02. The molecule has 1 aromatic heterocycles. The number of nitrogens with one attached hydrogen (secondary N) is 2. The van der Waals surface area contributed by atoms with Crippen LogP contribution in [0.5, 0.6) is 5.88 Å². The quantitative estimate of drug-likeness (QED) is 0.453. The summed E-state index contributed by atoms with van der Waals surface area (Å²) < 4.78 is 5.54. The number of amides is 1. The van der Waals surface area contributed by atoms with E-state index < -0.39 is 0 Å². The second-order valence-electron chi connectivity index (χ2n) is 6.21. The molecule has 1 saturated heterocycles. The number of rotatable bonds is 6. The lowest BCUT2D eigenvalue weighted by atomic mass is 10.2. The van der Waals surface area contributed by atoms with Crippen LogP contribution in [0.1, 0.15) is 20.3 Å². The zero-order valence-corrected chi connectivity index (χ0v) is 15.7. The Labute approximate surface area is 153 Å². The van der Waals surface area contributed by atoms with Gasteiger partial charge in [0.05, 0.1) is 6.54 Å². The predicted molar refractivity (Wildman–Crippen MR) is 99.1 cm³/mol. The van der Waals surface area contributed by atoms with E-state index in [9.17, 15) is 4.79 Å². The lowest BCUT2D eigenvalue weighted by Gasteiger charge is -2.20. The molecule has 2 rings (SSSR count). The highest BCUT2D eigenvalue weighted by molar-refractivity contribution is 6.31. The molecule has 2 heterocycles. The second-order valence-corrected chi connectivity index (χ2v) is 6.61. The van der Waals surface area contributed by atoms with Gasteiger partial charge in [-0.3, -0.25) is 9.79 Å². The molecule has 1 fully saturated rings. The number of nitrogens with zero attached hydrogens (tertiary/aromatic N) is 3. The van der Waals surface area contributed by atoms with Crippen LogP contribution in [0.15, 0.2) is 23.3 Å². The molecular formula is C17H26ClN5O2. The summed E-state index contributed by atoms with van der Waals surface area (Å²) >= 11 is 5.99. The van der Waals surface area contributed by atoms with Crippen LogP contribution in [-0.4, -0.2) is 61.1 Å². The molecule has 0 aromatic carbocycles. The van der Waals surface area contributed by atoms with Gasteiger partial charge in [0.2, 0.25) is 11.8 Å². The van der Waals surface area contributed by atoms with Gasteiger partial charge in [0, 0.05) is 38.3 Å². The molecule has 1 unspecified atom stereocenters. The van der Waals surface area contributed by atoms with Gasteiger partial charge in [0.1, 0.15) is 11.6 Å². The van der Waals surface area contributed by atoms with Crippen LogP contribution in [-0.2, 0) is 4.79 Å². The Balaban J connectivity index is 1.71. The number of pyridine rings is 1. The van der Waals surface area contributed by atoms with Crippen LogP contribution in [0.3, 0.4) is 0 Å². The van der Waals surface area contributed by atoms with Gasteiger partial charge in [0.25, 0.3) is 0 Å². The van der Waals surface area contributed by atoms with Crippen molar-refractivity contribution in [1.29, 1.82) is 0 Å². The first-order valence-electron chi connectivity index (χ1n) is 8.50. The van der Waals surface area contributed by atoms with Gasteiger partial charge in [0.15, 0.2) is 5.96 Å². The number of carbonyl (C=O) groups is 1. The second kappa shape index (κ2) is 9.46. The number of carbonyl (C=O) groups excluding carboxylic acids is 1. The number of likely N-dealkylation sites (tertiary alicyclic amines) is 1. The molecule has 138 valence electrons. The molecule has 0 radical (unpaired) electrons. The zero-order valence-electron chi connectivity index (χ0n) is 15.0. The standard InChI is InChI=1S/C17H26ClN5O2/c1-12(2)16(24)23-9-6-13(11-23)22-17(19-3)21-8-10-25-15-14(18)5-4-7-20-15/h4-5,7,12-13H,6,8-11H2,1-3H3,(H2,19,21,22). The molecule has 1 atom stereocenters. The summed E-state index contributed by atoms with van der Waals surface area (Å²) in [5.41, 5.74) is 0. The molecule has 0 saturated carbocycles. The van der Waals surface area contributed by atoms with E-state index in [0.717, 1.165) is 13.0 Å². The molecule has 0 bridgehead atoms. The summed E-state index contributed by atoms with van der Waals surface area (Å²) in [6.45, 7) is 6.33. The molecule has 1 aromatic rings. The van der Waals surface area contributed by atoms with Crippen LogP contribution in [0.4, 0.5) is 0 Å². The van der Waals surface area contributed by atoms with Crippen LogP contribution >= 0.6 is 11.6 Å². The monoisotopic (exact) mass is 367 g/mol. The van der Waals surface area contributed by atoms with Gasteiger partial charge < -0.3 is 20.3 Å². The Morgan fingerprint density at radius 3 is 3.04 bits per heavy atom. The summed E-state index contributed by atoms with van der Waals surface area (Å²) in [5.74, 6) is 1.35. The number of aromatic nitrogens is 1. The van der Waals surface area contributed by atoms with Gasteiger partial charge in [-0.05, 0) is 18.6 Å². The van der Waals surface area contributed by atoms with E-state index in [1.165, 1.54) is 0 Å². The minimum atomic E-state index is 0.0340. The number of guanidine groups is 1. The van der Waals surface area contributed by atoms with Crippen molar-refractivity contribution in [3.8, 4) is 5.88 Å². The summed E-state index contributed by atoms with van der Waals surface area (Å²) in [4.78, 5) is 22.2. The van der Waals surface area contributed by atoms with Gasteiger partial charge >= 0.3 is 0 Å². The molecule has 2 N–H and O–H groups in total. The first-order chi connectivity index (χ1) is 12.0. The number of ether oxygens (including phenoxy) is 1. The van der Waals surface area contributed by atoms with Crippen LogP contribution in [0, 0.1) is 5.92 Å². The Morgan fingerprint density at radius 1 is 1.56 bits per heavy atom. The van der Waals surface area contributed by atoms with Crippen LogP contribution < -0.4 is 15.4 Å². The summed E-state index contributed by atoms with van der Waals surface area (Å²) in [6, 6.07) is 3.70. The highest BCUT2D eigenvalue weighted by Gasteiger charge is 2.27. The lowest BCUT2D eigenvalue weighted by molar-refractivity contribution is -0.133. The van der Waals surface area contributed by atoms with E-state index in [4.69, 9.17) is 16.3 Å². The smallest absolute Gasteiger partial charge is 0.232 e. The maximum atomic E-state index is 12.0. The lowest BCUT2D eigenvalue weighted by Crippen LogP contribution is -2.46. The molecule has 25 heavy (non-hydrogen) atoms. The number of hydrogen-bond acceptors (Lipinski definition) is 4. The van der Waals surface area contributed by atoms with Crippen molar-refractivity contribution in [2.24, 2.45) is 10.9 Å². The fourth-order valence-corrected chi connectivity index (χ4v) is 2.80. The molecule has 7 nitrogen and oxygen atoms in total. The van der Waals surface area contributed by atoms with E-state index in [-0.39, 0.29) is 17.9 Å². The van der Waals surface area contributed by atoms with Gasteiger partial charge in [-0.2, -0.15) is 0 Å². The van der Waals surface area contributed by atoms with Crippen molar-refractivity contribution >= 4 is 23.5 Å². The van der Waals surface area contributed by atoms with Crippen molar-refractivity contribution in [3.63, 3.8) is 0 Å². The molecule has 0 spiro atoms. The average Bonchev–Trinajstić information content (AvgIpc) is 3.06. The largest absolute Gasteiger partial charge is 0.475 e. The first kappa shape index (κ1) is 19.3. The van der Waals surface area contributed by atoms with Gasteiger partial charge in [-0.15, -0.1) is 0 Å². The summed E-state index contributed by atoms with van der Waals surface area (Å²) in [7, 11) is 1.72. The normalized spacial score (nSPS) is 17.7. The molecule has 8 heteroatoms. The summed E-state index contributed by atoms with van der Waals surface area (Å²) in [6.07, 6.45) is 2.55. The van der Waals surface area contributed by atoms with Crippen LogP contribution in [0.2, 0.25) is 5.02 Å². The van der Waals surface area contributed by atoms with Crippen molar-refractivity contribution in [2.45, 2.75) is 26.3 Å². The Kier molecular flexibility index (Phi) is 7.31.